The minimum atomic E-state index is -0.264. The van der Waals surface area contributed by atoms with Crippen LogP contribution in [-0.2, 0) is 105 Å². The second-order valence-electron chi connectivity index (χ2n) is 37.5. The average molecular weight is 1760 g/mol. The van der Waals surface area contributed by atoms with Crippen LogP contribution in [0.4, 0.5) is 0 Å². The summed E-state index contributed by atoms with van der Waals surface area (Å²) in [5, 5.41) is 0. The van der Waals surface area contributed by atoms with Crippen LogP contribution in [0.15, 0.2) is 238 Å². The molecule has 6 aliphatic carbocycles. The molecule has 12 aromatic rings. The standard InChI is InChI=1S/4C18H19N3O.2C17H18N4O/c1-11-14(7-4-8-20-11)15-6-3-5-13-9-18(10-16(13)15)12(2)22-17(19)21-18;1-11-6-14(10-20-9-11)15-5-3-4-13-7-18(8-16(13)15)12(2)22-17(19)21-18;1-11-6-7-14(10-20-11)15-5-3-4-13-8-18(9-16(13)15)12(2)22-17(19)21-18;1-11-6-7-20-10-16(11)14-5-3-4-13-8-18(9-15(13)14)12(2)22-17(19)21-18;1-10-8-20-15(9-19-10)13-5-3-4-12-6-17(7-14(12)13)11(2)22-16(18)21-17;1-10-8-19-9-15(20-10)13-5-3-4-12-6-17(7-14(12)13)11(2)22-16(18)21-17/h3-8,12H,9-10H2,1-2H3,(H2,19,21);3-6,9-10,12H,7-8H2,1-2H3,(H2,19,21);2*3-7,10,12H,8-9H2,1-2H3,(H2,19,21);2*3-5,8-9,11H,6-7H2,1-2H3,(H2,18,21)/t4*12-,18-;2*11-,17-/m111111/s1. The van der Waals surface area contributed by atoms with Gasteiger partial charge in [0.2, 0.25) is 0 Å². The summed E-state index contributed by atoms with van der Waals surface area (Å²) in [5.74, 6) is 0. The molecule has 24 rings (SSSR count). The first kappa shape index (κ1) is 87.0. The lowest BCUT2D eigenvalue weighted by molar-refractivity contribution is 0.157. The highest BCUT2D eigenvalue weighted by Crippen LogP contribution is 2.51. The zero-order valence-electron chi connectivity index (χ0n) is 76.8. The van der Waals surface area contributed by atoms with Crippen LogP contribution in [0.5, 0.6) is 0 Å². The summed E-state index contributed by atoms with van der Waals surface area (Å²) in [4.78, 5) is 62.9. The zero-order chi connectivity index (χ0) is 91.9. The van der Waals surface area contributed by atoms with Gasteiger partial charge in [-0.15, -0.1) is 0 Å². The Labute approximate surface area is 769 Å². The number of aromatic nitrogens is 8. The van der Waals surface area contributed by atoms with Crippen molar-refractivity contribution in [2.45, 2.75) is 230 Å². The maximum absolute atomic E-state index is 5.81. The van der Waals surface area contributed by atoms with E-state index in [4.69, 9.17) is 62.8 Å². The van der Waals surface area contributed by atoms with E-state index in [1.165, 1.54) is 111 Å². The van der Waals surface area contributed by atoms with E-state index in [1.54, 1.807) is 12.4 Å². The van der Waals surface area contributed by atoms with E-state index in [2.05, 4.69) is 258 Å². The van der Waals surface area contributed by atoms with Crippen molar-refractivity contribution < 1.29 is 28.4 Å². The largest absolute Gasteiger partial charge is 0.460 e. The average Bonchev–Trinajstić information content (AvgIpc) is 1.61. The maximum Gasteiger partial charge on any atom is 0.282 e. The second kappa shape index (κ2) is 34.2. The molecule has 0 unspecified atom stereocenters. The SMILES string of the molecule is Cc1ccc(-c2cccc3c2C[C@@]2(C3)N=C(N)O[C@@H]2C)cn1.Cc1ccncc1-c1cccc2c1C[C@@]1(C2)N=C(N)O[C@@H]1C.Cc1cnc(-c2cccc3c2C[C@@]2(C3)N=C(N)O[C@@H]2C)cn1.Cc1cncc(-c2cccc3c2C[C@@]2(C3)N=C(N)O[C@@H]2C)c1.Cc1cncc(-c2cccc3c2C[C@@]2(C3)N=C(N)O[C@@H]2C)n1.Cc1ncccc1-c1cccc2c1C[C@@]1(C2)N=C(N)O[C@@H]1C. The highest BCUT2D eigenvalue weighted by molar-refractivity contribution is 5.82. The molecule has 6 aliphatic heterocycles. The molecule has 0 saturated heterocycles. The molecule has 12 atom stereocenters. The molecule has 12 heterocycles. The summed E-state index contributed by atoms with van der Waals surface area (Å²) >= 11 is 0. The van der Waals surface area contributed by atoms with Crippen LogP contribution in [0.3, 0.4) is 0 Å². The highest BCUT2D eigenvalue weighted by Gasteiger charge is 2.54. The van der Waals surface area contributed by atoms with Crippen LogP contribution in [-0.4, -0.2) is 146 Å². The van der Waals surface area contributed by atoms with Crippen LogP contribution in [0, 0.1) is 41.5 Å². The van der Waals surface area contributed by atoms with Gasteiger partial charge in [0.1, 0.15) is 69.9 Å². The van der Waals surface area contributed by atoms with Crippen LogP contribution in [0.25, 0.3) is 67.0 Å². The lowest BCUT2D eigenvalue weighted by Gasteiger charge is -2.23. The van der Waals surface area contributed by atoms with Crippen molar-refractivity contribution in [1.29, 1.82) is 0 Å². The summed E-state index contributed by atoms with van der Waals surface area (Å²) < 4.78 is 33.6. The molecule has 26 nitrogen and oxygen atoms in total. The first-order valence-corrected chi connectivity index (χ1v) is 45.5. The van der Waals surface area contributed by atoms with E-state index in [0.717, 1.165) is 133 Å². The van der Waals surface area contributed by atoms with Gasteiger partial charge in [-0.1, -0.05) is 121 Å². The molecule has 0 radical (unpaired) electrons. The van der Waals surface area contributed by atoms with Gasteiger partial charge in [0, 0.05) is 171 Å². The number of pyridine rings is 4. The Kier molecular flexibility index (Phi) is 22.6. The van der Waals surface area contributed by atoms with Crippen LogP contribution < -0.4 is 34.4 Å². The molecule has 0 saturated carbocycles. The Balaban J connectivity index is 0.000000102. The number of ether oxygens (including phenoxy) is 6. The first-order chi connectivity index (χ1) is 63.5. The lowest BCUT2D eigenvalue weighted by Crippen LogP contribution is -2.36. The van der Waals surface area contributed by atoms with Crippen molar-refractivity contribution >= 4 is 36.1 Å². The molecule has 6 aromatic carbocycles. The Hall–Kier alpha value is -14.3. The number of nitrogens with two attached hydrogens (primary N) is 6. The molecule has 26 heteroatoms. The van der Waals surface area contributed by atoms with Gasteiger partial charge in [0.25, 0.3) is 36.1 Å². The minimum Gasteiger partial charge on any atom is -0.460 e. The van der Waals surface area contributed by atoms with E-state index < -0.39 is 0 Å². The molecule has 132 heavy (non-hydrogen) atoms. The predicted molar refractivity (Wildman–Crippen MR) is 516 cm³/mol. The van der Waals surface area contributed by atoms with Gasteiger partial charge in [-0.05, 0) is 207 Å². The number of nitrogens with zero attached hydrogens (tertiary/aromatic N) is 14. The van der Waals surface area contributed by atoms with E-state index in [1.807, 2.05) is 90.3 Å². The normalized spacial score (nSPS) is 25.9. The molecule has 672 valence electrons. The fourth-order valence-electron chi connectivity index (χ4n) is 21.7. The third kappa shape index (κ3) is 16.3. The Morgan fingerprint density at radius 1 is 0.265 bits per heavy atom. The molecular weight excluding hydrogens is 1650 g/mol. The summed E-state index contributed by atoms with van der Waals surface area (Å²) in [6.07, 6.45) is 29.1. The van der Waals surface area contributed by atoms with Gasteiger partial charge in [-0.25, -0.2) is 34.9 Å². The van der Waals surface area contributed by atoms with Crippen molar-refractivity contribution in [2.24, 2.45) is 64.4 Å². The Morgan fingerprint density at radius 3 is 0.992 bits per heavy atom. The van der Waals surface area contributed by atoms with Gasteiger partial charge in [-0.2, -0.15) is 0 Å². The summed E-state index contributed by atoms with van der Waals surface area (Å²) in [6, 6.07) is 53.0. The third-order valence-electron chi connectivity index (χ3n) is 29.0. The lowest BCUT2D eigenvalue weighted by atomic mass is 9.90. The highest BCUT2D eigenvalue weighted by atomic mass is 16.5. The van der Waals surface area contributed by atoms with E-state index in [0.29, 0.717) is 36.1 Å². The molecule has 0 amide bonds. The monoisotopic (exact) mass is 1760 g/mol. The number of aryl methyl sites for hydroxylation is 6. The van der Waals surface area contributed by atoms with Crippen molar-refractivity contribution in [2.75, 3.05) is 0 Å². The van der Waals surface area contributed by atoms with Crippen molar-refractivity contribution in [3.8, 4) is 67.0 Å². The molecule has 0 fully saturated rings. The zero-order valence-corrected chi connectivity index (χ0v) is 76.8. The quantitative estimate of drug-likeness (QED) is 0.0900. The van der Waals surface area contributed by atoms with Crippen molar-refractivity contribution in [1.82, 2.24) is 39.9 Å². The van der Waals surface area contributed by atoms with Crippen molar-refractivity contribution in [3.63, 3.8) is 0 Å². The second-order valence-corrected chi connectivity index (χ2v) is 37.5. The molecule has 12 aliphatic rings. The third-order valence-corrected chi connectivity index (χ3v) is 29.0. The minimum absolute atomic E-state index is 0.00291. The van der Waals surface area contributed by atoms with Crippen molar-refractivity contribution in [3.05, 3.63) is 308 Å². The van der Waals surface area contributed by atoms with E-state index in [9.17, 15) is 0 Å². The van der Waals surface area contributed by atoms with Gasteiger partial charge in [-0.3, -0.25) is 34.9 Å². The first-order valence-electron chi connectivity index (χ1n) is 45.5. The Morgan fingerprint density at radius 2 is 0.629 bits per heavy atom. The van der Waals surface area contributed by atoms with E-state index >= 15 is 0 Å². The smallest absolute Gasteiger partial charge is 0.282 e. The maximum atomic E-state index is 5.81. The van der Waals surface area contributed by atoms with Crippen LogP contribution >= 0.6 is 0 Å². The summed E-state index contributed by atoms with van der Waals surface area (Å²) in [6.45, 7) is 24.5. The molecular formula is C106H112N20O6. The molecule has 6 spiro atoms. The number of hydrogen-bond acceptors (Lipinski definition) is 26. The van der Waals surface area contributed by atoms with E-state index in [-0.39, 0.29) is 69.9 Å². The van der Waals surface area contributed by atoms with Gasteiger partial charge in [0.15, 0.2) is 0 Å². The van der Waals surface area contributed by atoms with Gasteiger partial charge in [0.05, 0.1) is 35.2 Å². The van der Waals surface area contributed by atoms with Crippen LogP contribution in [0.1, 0.15) is 142 Å². The number of fused-ring (bicyclic) bond motifs is 6. The number of hydrogen-bond donors (Lipinski definition) is 6. The molecule has 12 N–H and O–H groups in total. The number of benzene rings is 6. The topological polar surface area (TPSA) is 389 Å². The number of amidine groups is 6. The fourth-order valence-corrected chi connectivity index (χ4v) is 21.7. The molecule has 6 aromatic heterocycles. The molecule has 0 bridgehead atoms. The fraction of sp³-hybridized carbons (Fsp3) is 0.340. The van der Waals surface area contributed by atoms with Gasteiger partial charge < -0.3 is 62.8 Å². The Bertz CT molecular complexity index is 6340. The number of rotatable bonds is 6. The van der Waals surface area contributed by atoms with Gasteiger partial charge >= 0.3 is 0 Å². The summed E-state index contributed by atoms with van der Waals surface area (Å²) in [7, 11) is 0. The number of aliphatic imine (C=N–C) groups is 6. The van der Waals surface area contributed by atoms with Crippen LogP contribution in [0.2, 0.25) is 0 Å². The summed E-state index contributed by atoms with van der Waals surface area (Å²) in [5.41, 5.74) is 69.4. The predicted octanol–water partition coefficient (Wildman–Crippen LogP) is 14.6.